The normalized spacial score (nSPS) is 22.3. The summed E-state index contributed by atoms with van der Waals surface area (Å²) in [4.78, 5) is 0. The summed E-state index contributed by atoms with van der Waals surface area (Å²) in [6.07, 6.45) is 10.2. The van der Waals surface area contributed by atoms with Crippen LogP contribution in [0.15, 0.2) is 60.7 Å². The van der Waals surface area contributed by atoms with Crippen molar-refractivity contribution in [2.24, 2.45) is 0 Å². The van der Waals surface area contributed by atoms with Crippen LogP contribution in [0.4, 0.5) is 8.22 Å². The summed E-state index contributed by atoms with van der Waals surface area (Å²) < 4.78 is 33.7. The average Bonchev–Trinajstić information content (AvgIpc) is 2.84. The molecule has 0 aliphatic heterocycles. The van der Waals surface area contributed by atoms with Crippen molar-refractivity contribution < 1.29 is 8.22 Å². The molecule has 0 saturated heterocycles. The van der Waals surface area contributed by atoms with Gasteiger partial charge < -0.3 is 0 Å². The van der Waals surface area contributed by atoms with Gasteiger partial charge in [0.05, 0.1) is 0 Å². The highest BCUT2D eigenvalue weighted by Gasteiger charge is 2.48. The molecule has 0 spiro atoms. The smallest absolute Gasteiger partial charge is 0.291 e. The fourth-order valence-corrected chi connectivity index (χ4v) is 12.2. The molecule has 0 bridgehead atoms. The van der Waals surface area contributed by atoms with E-state index < -0.39 is 16.8 Å². The molecular formula is C26H32F2Si2. The standard InChI is InChI=1S/C26H32F2Si2/c27-29(23-13-5-1-6-14-23,24-15-7-2-8-16-24)21-22-30(28,25-17-9-3-10-18-25)26-19-11-4-12-20-26/h1,3,5-6,9-10,13-14,17-18,24,26H,2,4,7-8,11-12,15-16,19-20H2. The Balaban J connectivity index is 1.77. The van der Waals surface area contributed by atoms with E-state index in [-0.39, 0.29) is 11.1 Å². The van der Waals surface area contributed by atoms with Crippen LogP contribution in [0.25, 0.3) is 0 Å². The summed E-state index contributed by atoms with van der Waals surface area (Å²) in [5.74, 6) is 0. The molecule has 2 aromatic carbocycles. The van der Waals surface area contributed by atoms with Gasteiger partial charge in [-0.1, -0.05) is 110 Å². The molecule has 0 N–H and O–H groups in total. The molecule has 0 nitrogen and oxygen atoms in total. The van der Waals surface area contributed by atoms with Crippen LogP contribution in [0, 0.1) is 11.1 Å². The van der Waals surface area contributed by atoms with Crippen LogP contribution in [0.3, 0.4) is 0 Å². The minimum atomic E-state index is -3.60. The molecule has 30 heavy (non-hydrogen) atoms. The van der Waals surface area contributed by atoms with Crippen molar-refractivity contribution in [1.29, 1.82) is 0 Å². The second-order valence-electron chi connectivity index (χ2n) is 9.08. The topological polar surface area (TPSA) is 0 Å². The van der Waals surface area contributed by atoms with Gasteiger partial charge in [0.2, 0.25) is 0 Å². The van der Waals surface area contributed by atoms with Crippen molar-refractivity contribution in [2.45, 2.75) is 75.3 Å². The van der Waals surface area contributed by atoms with Gasteiger partial charge in [-0.05, 0) is 47.1 Å². The van der Waals surface area contributed by atoms with E-state index in [1.165, 1.54) is 12.8 Å². The first-order valence-corrected chi connectivity index (χ1v) is 15.6. The first-order valence-electron chi connectivity index (χ1n) is 11.7. The van der Waals surface area contributed by atoms with E-state index in [2.05, 4.69) is 11.1 Å². The fraction of sp³-hybridized carbons (Fsp3) is 0.462. The summed E-state index contributed by atoms with van der Waals surface area (Å²) in [6, 6.07) is 19.0. The Morgan fingerprint density at radius 2 is 0.867 bits per heavy atom. The van der Waals surface area contributed by atoms with Crippen LogP contribution in [0.1, 0.15) is 64.2 Å². The molecule has 158 valence electrons. The Morgan fingerprint density at radius 3 is 1.20 bits per heavy atom. The lowest BCUT2D eigenvalue weighted by Crippen LogP contribution is -2.51. The predicted molar refractivity (Wildman–Crippen MR) is 127 cm³/mol. The third kappa shape index (κ3) is 4.48. The summed E-state index contributed by atoms with van der Waals surface area (Å²) in [6.45, 7) is 0. The molecule has 2 aliphatic rings. The quantitative estimate of drug-likeness (QED) is 0.295. The third-order valence-corrected chi connectivity index (χ3v) is 14.1. The molecule has 2 fully saturated rings. The van der Waals surface area contributed by atoms with Crippen molar-refractivity contribution in [2.75, 3.05) is 0 Å². The molecule has 0 heterocycles. The van der Waals surface area contributed by atoms with Crippen molar-refractivity contribution in [3.05, 3.63) is 60.7 Å². The van der Waals surface area contributed by atoms with E-state index in [9.17, 15) is 0 Å². The SMILES string of the molecule is F[Si](C#C[Si](F)(c1ccccc1)C1CCCCC1)(c1ccccc1)C1CCCCC1. The second kappa shape index (κ2) is 9.62. The maximum atomic E-state index is 16.8. The van der Waals surface area contributed by atoms with Crippen molar-refractivity contribution >= 4 is 27.2 Å². The highest BCUT2D eigenvalue weighted by Crippen LogP contribution is 2.39. The summed E-state index contributed by atoms with van der Waals surface area (Å²) in [5, 5.41) is 1.47. The van der Waals surface area contributed by atoms with Crippen molar-refractivity contribution in [1.82, 2.24) is 0 Å². The van der Waals surface area contributed by atoms with Gasteiger partial charge in [-0.3, -0.25) is 8.22 Å². The van der Waals surface area contributed by atoms with Gasteiger partial charge in [-0.15, -0.1) is 0 Å². The molecule has 2 aliphatic carbocycles. The average molecular weight is 439 g/mol. The molecule has 4 heteroatoms. The molecule has 2 atom stereocenters. The van der Waals surface area contributed by atoms with Gasteiger partial charge in [-0.25, -0.2) is 0 Å². The van der Waals surface area contributed by atoms with E-state index in [0.717, 1.165) is 61.7 Å². The Hall–Kier alpha value is -1.71. The molecule has 0 aromatic heterocycles. The van der Waals surface area contributed by atoms with Crippen LogP contribution >= 0.6 is 0 Å². The second-order valence-corrected chi connectivity index (χ2v) is 15.2. The Bertz CT molecular complexity index is 793. The minimum Gasteiger partial charge on any atom is -0.291 e. The van der Waals surface area contributed by atoms with Gasteiger partial charge in [-0.2, -0.15) is 0 Å². The zero-order chi connectivity index (χ0) is 20.9. The maximum absolute atomic E-state index is 16.8. The van der Waals surface area contributed by atoms with Crippen LogP contribution in [-0.2, 0) is 0 Å². The third-order valence-electron chi connectivity index (χ3n) is 7.15. The van der Waals surface area contributed by atoms with Gasteiger partial charge in [0.25, 0.3) is 0 Å². The highest BCUT2D eigenvalue weighted by atomic mass is 28.4. The van der Waals surface area contributed by atoms with Crippen LogP contribution in [0.5, 0.6) is 0 Å². The fourth-order valence-electron chi connectivity index (χ4n) is 5.36. The molecule has 0 amide bonds. The van der Waals surface area contributed by atoms with Crippen LogP contribution in [0.2, 0.25) is 11.1 Å². The summed E-state index contributed by atoms with van der Waals surface area (Å²) in [5.41, 5.74) is 6.23. The molecule has 4 rings (SSSR count). The maximum Gasteiger partial charge on any atom is 0.356 e. The Labute approximate surface area is 182 Å². The lowest BCUT2D eigenvalue weighted by Gasteiger charge is -2.32. The van der Waals surface area contributed by atoms with Crippen LogP contribution < -0.4 is 10.4 Å². The molecule has 0 radical (unpaired) electrons. The van der Waals surface area contributed by atoms with E-state index >= 15 is 8.22 Å². The Morgan fingerprint density at radius 1 is 0.533 bits per heavy atom. The number of hydrogen-bond donors (Lipinski definition) is 0. The first kappa shape index (κ1) is 21.5. The van der Waals surface area contributed by atoms with Gasteiger partial charge in [0.15, 0.2) is 0 Å². The molecule has 2 aromatic rings. The van der Waals surface area contributed by atoms with Crippen molar-refractivity contribution in [3.8, 4) is 11.1 Å². The summed E-state index contributed by atoms with van der Waals surface area (Å²) in [7, 11) is -7.19. The van der Waals surface area contributed by atoms with E-state index in [0.29, 0.717) is 0 Å². The van der Waals surface area contributed by atoms with Crippen LogP contribution in [-0.4, -0.2) is 16.8 Å². The zero-order valence-corrected chi connectivity index (χ0v) is 19.8. The highest BCUT2D eigenvalue weighted by molar-refractivity contribution is 6.98. The largest absolute Gasteiger partial charge is 0.356 e. The molecule has 2 saturated carbocycles. The Kier molecular flexibility index (Phi) is 6.90. The van der Waals surface area contributed by atoms with Gasteiger partial charge in [0, 0.05) is 0 Å². The number of rotatable bonds is 4. The van der Waals surface area contributed by atoms with E-state index in [1.54, 1.807) is 0 Å². The van der Waals surface area contributed by atoms with Gasteiger partial charge >= 0.3 is 16.8 Å². The number of benzene rings is 2. The summed E-state index contributed by atoms with van der Waals surface area (Å²) >= 11 is 0. The minimum absolute atomic E-state index is 0.0125. The number of halogens is 2. The lowest BCUT2D eigenvalue weighted by molar-refractivity contribution is 0.479. The zero-order valence-electron chi connectivity index (χ0n) is 17.8. The molecule has 2 unspecified atom stereocenters. The van der Waals surface area contributed by atoms with E-state index in [4.69, 9.17) is 0 Å². The van der Waals surface area contributed by atoms with Crippen molar-refractivity contribution in [3.63, 3.8) is 0 Å². The predicted octanol–water partition coefficient (Wildman–Crippen LogP) is 6.38. The first-order chi connectivity index (χ1) is 14.6. The number of hydrogen-bond acceptors (Lipinski definition) is 0. The van der Waals surface area contributed by atoms with Gasteiger partial charge in [0.1, 0.15) is 0 Å². The molecular weight excluding hydrogens is 406 g/mol. The monoisotopic (exact) mass is 438 g/mol. The van der Waals surface area contributed by atoms with E-state index in [1.807, 2.05) is 60.7 Å². The lowest BCUT2D eigenvalue weighted by atomic mass is 10.0.